The third kappa shape index (κ3) is 4.00. The van der Waals surface area contributed by atoms with Crippen LogP contribution in [0, 0.1) is 13.8 Å². The molecule has 0 aliphatic rings. The molecule has 0 amide bonds. The summed E-state index contributed by atoms with van der Waals surface area (Å²) in [6.45, 7) is 8.10. The minimum Gasteiger partial charge on any atom is -0.497 e. The molecule has 4 aromatic rings. The Morgan fingerprint density at radius 1 is 1.12 bits per heavy atom. The monoisotopic (exact) mass is 492 g/mol. The second-order valence-corrected chi connectivity index (χ2v) is 8.93. The van der Waals surface area contributed by atoms with Crippen LogP contribution in [0.15, 0.2) is 62.9 Å². The lowest BCUT2D eigenvalue weighted by Crippen LogP contribution is -2.23. The number of aryl methyl sites for hydroxylation is 1. The molecule has 2 aromatic carbocycles. The van der Waals surface area contributed by atoms with Crippen LogP contribution in [0.3, 0.4) is 0 Å². The highest BCUT2D eigenvalue weighted by atomic mass is 79.9. The Bertz CT molecular complexity index is 1400. The van der Waals surface area contributed by atoms with Gasteiger partial charge in [-0.25, -0.2) is 4.98 Å². The van der Waals surface area contributed by atoms with Gasteiger partial charge in [0.05, 0.1) is 24.2 Å². The van der Waals surface area contributed by atoms with Crippen LogP contribution < -0.4 is 10.3 Å². The highest BCUT2D eigenvalue weighted by Gasteiger charge is 2.15. The predicted molar refractivity (Wildman–Crippen MR) is 133 cm³/mol. The number of rotatable bonds is 5. The molecule has 32 heavy (non-hydrogen) atoms. The standard InChI is InChI=1S/C25H25BrN4O2/c1-15(2)24-28-23-10-9-19(26)12-22(23)25(31)30(24)27-14-18-11-16(3)29(17(18)4)20-7-6-8-21(13-20)32-5/h6-15H,1-5H3. The van der Waals surface area contributed by atoms with E-state index in [0.717, 1.165) is 32.9 Å². The average molecular weight is 493 g/mol. The minimum atomic E-state index is -0.183. The van der Waals surface area contributed by atoms with Gasteiger partial charge in [-0.1, -0.05) is 35.8 Å². The number of nitrogens with zero attached hydrogens (tertiary/aromatic N) is 4. The first-order chi connectivity index (χ1) is 15.3. The summed E-state index contributed by atoms with van der Waals surface area (Å²) in [7, 11) is 1.66. The van der Waals surface area contributed by atoms with E-state index in [1.54, 1.807) is 19.4 Å². The highest BCUT2D eigenvalue weighted by Crippen LogP contribution is 2.23. The maximum atomic E-state index is 13.2. The van der Waals surface area contributed by atoms with E-state index in [2.05, 4.69) is 31.7 Å². The molecule has 0 bridgehead atoms. The van der Waals surface area contributed by atoms with E-state index in [1.807, 2.05) is 64.1 Å². The van der Waals surface area contributed by atoms with Crippen LogP contribution >= 0.6 is 15.9 Å². The lowest BCUT2D eigenvalue weighted by atomic mass is 10.2. The molecule has 0 aliphatic carbocycles. The molecule has 0 spiro atoms. The second kappa shape index (κ2) is 8.74. The van der Waals surface area contributed by atoms with Gasteiger partial charge in [-0.15, -0.1) is 0 Å². The Hall–Kier alpha value is -3.19. The molecule has 0 radical (unpaired) electrons. The van der Waals surface area contributed by atoms with Gasteiger partial charge in [-0.05, 0) is 50.2 Å². The van der Waals surface area contributed by atoms with Crippen LogP contribution in [0.5, 0.6) is 5.75 Å². The number of halogens is 1. The summed E-state index contributed by atoms with van der Waals surface area (Å²) in [5, 5.41) is 5.11. The fourth-order valence-corrected chi connectivity index (χ4v) is 4.20. The first-order valence-electron chi connectivity index (χ1n) is 10.4. The molecule has 0 N–H and O–H groups in total. The van der Waals surface area contributed by atoms with E-state index >= 15 is 0 Å². The van der Waals surface area contributed by atoms with Gasteiger partial charge in [-0.2, -0.15) is 9.78 Å². The van der Waals surface area contributed by atoms with E-state index in [0.29, 0.717) is 16.7 Å². The van der Waals surface area contributed by atoms with Gasteiger partial charge in [0.2, 0.25) is 0 Å². The Kier molecular flexibility index (Phi) is 6.02. The van der Waals surface area contributed by atoms with Crippen LogP contribution in [0.1, 0.15) is 42.5 Å². The van der Waals surface area contributed by atoms with Crippen molar-refractivity contribution in [2.75, 3.05) is 7.11 Å². The summed E-state index contributed by atoms with van der Waals surface area (Å²) >= 11 is 3.44. The molecule has 0 atom stereocenters. The lowest BCUT2D eigenvalue weighted by molar-refractivity contribution is 0.414. The summed E-state index contributed by atoms with van der Waals surface area (Å²) in [5.74, 6) is 1.46. The number of ether oxygens (including phenoxy) is 1. The van der Waals surface area contributed by atoms with Crippen molar-refractivity contribution in [2.24, 2.45) is 5.10 Å². The molecule has 0 saturated heterocycles. The average Bonchev–Trinajstić information content (AvgIpc) is 3.06. The van der Waals surface area contributed by atoms with Gasteiger partial charge in [0, 0.05) is 39.1 Å². The molecule has 0 saturated carbocycles. The maximum Gasteiger partial charge on any atom is 0.282 e. The van der Waals surface area contributed by atoms with Crippen molar-refractivity contribution in [3.8, 4) is 11.4 Å². The molecule has 0 fully saturated rings. The van der Waals surface area contributed by atoms with E-state index < -0.39 is 0 Å². The Morgan fingerprint density at radius 3 is 2.62 bits per heavy atom. The largest absolute Gasteiger partial charge is 0.497 e. The van der Waals surface area contributed by atoms with Gasteiger partial charge >= 0.3 is 0 Å². The van der Waals surface area contributed by atoms with Crippen LogP contribution in [-0.2, 0) is 0 Å². The van der Waals surface area contributed by atoms with Crippen LogP contribution in [0.25, 0.3) is 16.6 Å². The molecule has 4 rings (SSSR count). The second-order valence-electron chi connectivity index (χ2n) is 8.01. The summed E-state index contributed by atoms with van der Waals surface area (Å²) in [6.07, 6.45) is 1.73. The van der Waals surface area contributed by atoms with Gasteiger partial charge < -0.3 is 9.30 Å². The van der Waals surface area contributed by atoms with Gasteiger partial charge in [0.15, 0.2) is 0 Å². The first kappa shape index (κ1) is 22.0. The zero-order valence-corrected chi connectivity index (χ0v) is 20.3. The first-order valence-corrected chi connectivity index (χ1v) is 11.2. The van der Waals surface area contributed by atoms with Gasteiger partial charge in [0.25, 0.3) is 5.56 Å². The van der Waals surface area contributed by atoms with Crippen molar-refractivity contribution in [1.29, 1.82) is 0 Å². The van der Waals surface area contributed by atoms with E-state index in [9.17, 15) is 4.79 Å². The Balaban J connectivity index is 1.82. The zero-order chi connectivity index (χ0) is 23.0. The normalized spacial score (nSPS) is 11.7. The van der Waals surface area contributed by atoms with Crippen molar-refractivity contribution < 1.29 is 4.74 Å². The lowest BCUT2D eigenvalue weighted by Gasteiger charge is -2.12. The minimum absolute atomic E-state index is 0.0390. The smallest absolute Gasteiger partial charge is 0.282 e. The molecule has 164 valence electrons. The van der Waals surface area contributed by atoms with Crippen molar-refractivity contribution in [2.45, 2.75) is 33.6 Å². The van der Waals surface area contributed by atoms with Gasteiger partial charge in [0.1, 0.15) is 11.6 Å². The summed E-state index contributed by atoms with van der Waals surface area (Å²) < 4.78 is 9.76. The van der Waals surface area contributed by atoms with Crippen molar-refractivity contribution in [3.05, 3.63) is 86.1 Å². The molecular formula is C25H25BrN4O2. The molecule has 7 heteroatoms. The summed E-state index contributed by atoms with van der Waals surface area (Å²) in [4.78, 5) is 18.0. The molecular weight excluding hydrogens is 468 g/mol. The van der Waals surface area contributed by atoms with Crippen molar-refractivity contribution in [3.63, 3.8) is 0 Å². The topological polar surface area (TPSA) is 61.4 Å². The predicted octanol–water partition coefficient (Wildman–Crippen LogP) is 5.58. The third-order valence-corrected chi connectivity index (χ3v) is 5.94. The molecule has 0 unspecified atom stereocenters. The highest BCUT2D eigenvalue weighted by molar-refractivity contribution is 9.10. The maximum absolute atomic E-state index is 13.2. The Morgan fingerprint density at radius 2 is 1.91 bits per heavy atom. The summed E-state index contributed by atoms with van der Waals surface area (Å²) in [6, 6.07) is 15.5. The number of aromatic nitrogens is 3. The van der Waals surface area contributed by atoms with E-state index in [-0.39, 0.29) is 11.5 Å². The third-order valence-electron chi connectivity index (χ3n) is 5.44. The number of benzene rings is 2. The molecule has 6 nitrogen and oxygen atoms in total. The Labute approximate surface area is 195 Å². The molecule has 2 aromatic heterocycles. The molecule has 2 heterocycles. The van der Waals surface area contributed by atoms with Crippen molar-refractivity contribution >= 4 is 33.0 Å². The number of hydrogen-bond donors (Lipinski definition) is 0. The zero-order valence-electron chi connectivity index (χ0n) is 18.8. The summed E-state index contributed by atoms with van der Waals surface area (Å²) in [5.41, 5.74) is 4.52. The fraction of sp³-hybridized carbons (Fsp3) is 0.240. The van der Waals surface area contributed by atoms with Crippen molar-refractivity contribution in [1.82, 2.24) is 14.2 Å². The van der Waals surface area contributed by atoms with Gasteiger partial charge in [-0.3, -0.25) is 4.79 Å². The van der Waals surface area contributed by atoms with E-state index in [4.69, 9.17) is 9.72 Å². The number of hydrogen-bond acceptors (Lipinski definition) is 4. The van der Waals surface area contributed by atoms with Crippen LogP contribution in [0.4, 0.5) is 0 Å². The SMILES string of the molecule is COc1cccc(-n2c(C)cc(C=Nn3c(C(C)C)nc4ccc(Br)cc4c3=O)c2C)c1. The quantitative estimate of drug-likeness (QED) is 0.341. The molecule has 0 aliphatic heterocycles. The number of fused-ring (bicyclic) bond motifs is 1. The fourth-order valence-electron chi connectivity index (χ4n) is 3.84. The van der Waals surface area contributed by atoms with Crippen LogP contribution in [0.2, 0.25) is 0 Å². The number of methoxy groups -OCH3 is 1. The van der Waals surface area contributed by atoms with Crippen LogP contribution in [-0.4, -0.2) is 27.6 Å². The van der Waals surface area contributed by atoms with E-state index in [1.165, 1.54) is 4.68 Å².